The Labute approximate surface area is 163 Å². The number of anilines is 1. The number of amides is 1. The average molecular weight is 403 g/mol. The molecule has 3 rings (SSSR count). The number of nitrogens with zero attached hydrogens (tertiary/aromatic N) is 1. The van der Waals surface area contributed by atoms with E-state index in [4.69, 9.17) is 9.47 Å². The van der Waals surface area contributed by atoms with Crippen LogP contribution in [0.4, 0.5) is 5.69 Å². The van der Waals surface area contributed by atoms with E-state index in [-0.39, 0.29) is 10.5 Å². The Balaban J connectivity index is 1.82. The number of carbonyl (C=O) groups is 1. The molecular weight excluding hydrogens is 382 g/mol. The number of sulfonamides is 1. The fourth-order valence-electron chi connectivity index (χ4n) is 2.77. The van der Waals surface area contributed by atoms with Gasteiger partial charge in [-0.05, 0) is 42.8 Å². The number of ether oxygens (including phenoxy) is 2. The molecule has 0 aliphatic carbocycles. The number of amidine groups is 1. The number of aliphatic imine (C=N–C) groups is 1. The van der Waals surface area contributed by atoms with E-state index in [1.165, 1.54) is 26.4 Å². The molecule has 28 heavy (non-hydrogen) atoms. The van der Waals surface area contributed by atoms with Crippen molar-refractivity contribution in [2.45, 2.75) is 17.7 Å². The minimum atomic E-state index is -3.77. The van der Waals surface area contributed by atoms with Gasteiger partial charge in [0.2, 0.25) is 0 Å². The SMILES string of the molecule is COc1ccc(OC)c(C(=O)Nc2cccc(S(=O)(=O)NC3=NCCC3)c2)c1. The lowest BCUT2D eigenvalue weighted by molar-refractivity contribution is 0.102. The van der Waals surface area contributed by atoms with Crippen molar-refractivity contribution in [1.82, 2.24) is 4.72 Å². The van der Waals surface area contributed by atoms with Crippen molar-refractivity contribution in [3.8, 4) is 11.5 Å². The van der Waals surface area contributed by atoms with Gasteiger partial charge >= 0.3 is 0 Å². The van der Waals surface area contributed by atoms with Gasteiger partial charge in [-0.2, -0.15) is 0 Å². The minimum absolute atomic E-state index is 0.0394. The lowest BCUT2D eigenvalue weighted by Crippen LogP contribution is -2.29. The molecule has 148 valence electrons. The molecule has 2 aromatic rings. The van der Waals surface area contributed by atoms with E-state index < -0.39 is 15.9 Å². The normalized spacial score (nSPS) is 13.6. The predicted molar refractivity (Wildman–Crippen MR) is 106 cm³/mol. The Morgan fingerprint density at radius 3 is 2.61 bits per heavy atom. The van der Waals surface area contributed by atoms with E-state index >= 15 is 0 Å². The highest BCUT2D eigenvalue weighted by Gasteiger charge is 2.19. The number of hydrogen-bond donors (Lipinski definition) is 2. The van der Waals surface area contributed by atoms with Crippen LogP contribution >= 0.6 is 0 Å². The zero-order valence-corrected chi connectivity index (χ0v) is 16.4. The van der Waals surface area contributed by atoms with Gasteiger partial charge in [0, 0.05) is 18.7 Å². The van der Waals surface area contributed by atoms with Gasteiger partial charge in [-0.15, -0.1) is 0 Å². The Bertz CT molecular complexity index is 1020. The van der Waals surface area contributed by atoms with Gasteiger partial charge in [0.25, 0.3) is 15.9 Å². The number of hydrogen-bond acceptors (Lipinski definition) is 6. The van der Waals surface area contributed by atoms with Gasteiger partial charge < -0.3 is 14.8 Å². The summed E-state index contributed by atoms with van der Waals surface area (Å²) in [6.45, 7) is 0.621. The molecule has 0 saturated heterocycles. The number of carbonyl (C=O) groups excluding carboxylic acids is 1. The van der Waals surface area contributed by atoms with E-state index in [2.05, 4.69) is 15.0 Å². The van der Waals surface area contributed by atoms with E-state index in [0.717, 1.165) is 6.42 Å². The third-order valence-electron chi connectivity index (χ3n) is 4.18. The zero-order chi connectivity index (χ0) is 20.1. The second-order valence-electron chi connectivity index (χ2n) is 6.09. The van der Waals surface area contributed by atoms with Gasteiger partial charge in [-0.25, -0.2) is 8.42 Å². The smallest absolute Gasteiger partial charge is 0.262 e. The Kier molecular flexibility index (Phi) is 5.84. The lowest BCUT2D eigenvalue weighted by Gasteiger charge is -2.12. The highest BCUT2D eigenvalue weighted by Crippen LogP contribution is 2.25. The zero-order valence-electron chi connectivity index (χ0n) is 15.6. The molecule has 0 saturated carbocycles. The largest absolute Gasteiger partial charge is 0.497 e. The monoisotopic (exact) mass is 403 g/mol. The Morgan fingerprint density at radius 2 is 1.93 bits per heavy atom. The average Bonchev–Trinajstić information content (AvgIpc) is 3.20. The summed E-state index contributed by atoms with van der Waals surface area (Å²) in [7, 11) is -0.806. The maximum atomic E-state index is 12.7. The van der Waals surface area contributed by atoms with Crippen LogP contribution in [-0.2, 0) is 10.0 Å². The number of rotatable bonds is 6. The quantitative estimate of drug-likeness (QED) is 0.771. The Hall–Kier alpha value is -3.07. The number of methoxy groups -OCH3 is 2. The van der Waals surface area contributed by atoms with E-state index in [1.807, 2.05) is 0 Å². The second kappa shape index (κ2) is 8.30. The van der Waals surface area contributed by atoms with Crippen LogP contribution < -0.4 is 19.5 Å². The highest BCUT2D eigenvalue weighted by molar-refractivity contribution is 7.90. The Morgan fingerprint density at radius 1 is 1.11 bits per heavy atom. The van der Waals surface area contributed by atoms with Gasteiger partial charge in [0.15, 0.2) is 0 Å². The second-order valence-corrected chi connectivity index (χ2v) is 7.77. The van der Waals surface area contributed by atoms with Crippen LogP contribution in [0.1, 0.15) is 23.2 Å². The molecular formula is C19H21N3O5S. The first-order chi connectivity index (χ1) is 13.4. The maximum Gasteiger partial charge on any atom is 0.262 e. The third-order valence-corrected chi connectivity index (χ3v) is 5.56. The first kappa shape index (κ1) is 19.7. The van der Waals surface area contributed by atoms with Crippen molar-refractivity contribution in [3.05, 3.63) is 48.0 Å². The van der Waals surface area contributed by atoms with Gasteiger partial charge in [-0.3, -0.25) is 14.5 Å². The predicted octanol–water partition coefficient (Wildman–Crippen LogP) is 2.43. The molecule has 0 aromatic heterocycles. The molecule has 1 aliphatic rings. The summed E-state index contributed by atoms with van der Waals surface area (Å²) in [5.41, 5.74) is 0.611. The summed E-state index contributed by atoms with van der Waals surface area (Å²) in [5.74, 6) is 0.890. The molecule has 0 atom stereocenters. The molecule has 2 aromatic carbocycles. The van der Waals surface area contributed by atoms with Crippen molar-refractivity contribution >= 4 is 27.5 Å². The molecule has 1 heterocycles. The van der Waals surface area contributed by atoms with Crippen LogP contribution in [0.25, 0.3) is 0 Å². The minimum Gasteiger partial charge on any atom is -0.497 e. The molecule has 9 heteroatoms. The van der Waals surface area contributed by atoms with E-state index in [1.54, 1.807) is 30.3 Å². The van der Waals surface area contributed by atoms with Crippen LogP contribution in [0.3, 0.4) is 0 Å². The first-order valence-electron chi connectivity index (χ1n) is 8.62. The van der Waals surface area contributed by atoms with E-state index in [0.29, 0.717) is 36.0 Å². The third kappa shape index (κ3) is 4.42. The molecule has 0 unspecified atom stereocenters. The summed E-state index contributed by atoms with van der Waals surface area (Å²) < 4.78 is 37.9. The first-order valence-corrected chi connectivity index (χ1v) is 10.1. The molecule has 0 radical (unpaired) electrons. The lowest BCUT2D eigenvalue weighted by atomic mass is 10.1. The van der Waals surface area contributed by atoms with Crippen LogP contribution in [-0.4, -0.2) is 40.9 Å². The fourth-order valence-corrected chi connectivity index (χ4v) is 3.90. The van der Waals surface area contributed by atoms with Gasteiger partial charge in [0.05, 0.1) is 24.7 Å². The molecule has 1 aliphatic heterocycles. The standard InChI is InChI=1S/C19H21N3O5S/c1-26-14-8-9-17(27-2)16(12-14)19(23)21-13-5-3-6-15(11-13)28(24,25)22-18-7-4-10-20-18/h3,5-6,8-9,11-12H,4,7,10H2,1-2H3,(H,20,22)(H,21,23). The fraction of sp³-hybridized carbons (Fsp3) is 0.263. The highest BCUT2D eigenvalue weighted by atomic mass is 32.2. The van der Waals surface area contributed by atoms with Crippen molar-refractivity contribution in [2.24, 2.45) is 4.99 Å². The molecule has 0 fully saturated rings. The number of benzene rings is 2. The maximum absolute atomic E-state index is 12.7. The molecule has 0 bridgehead atoms. The van der Waals surface area contributed by atoms with Crippen molar-refractivity contribution < 1.29 is 22.7 Å². The molecule has 8 nitrogen and oxygen atoms in total. The van der Waals surface area contributed by atoms with Crippen molar-refractivity contribution in [3.63, 3.8) is 0 Å². The molecule has 0 spiro atoms. The van der Waals surface area contributed by atoms with E-state index in [9.17, 15) is 13.2 Å². The number of nitrogens with one attached hydrogen (secondary N) is 2. The molecule has 2 N–H and O–H groups in total. The van der Waals surface area contributed by atoms with Crippen LogP contribution in [0, 0.1) is 0 Å². The summed E-state index contributed by atoms with van der Waals surface area (Å²) in [5, 5.41) is 2.69. The summed E-state index contributed by atoms with van der Waals surface area (Å²) in [6.07, 6.45) is 1.43. The molecule has 1 amide bonds. The summed E-state index contributed by atoms with van der Waals surface area (Å²) in [4.78, 5) is 16.8. The van der Waals surface area contributed by atoms with Crippen LogP contribution in [0.5, 0.6) is 11.5 Å². The van der Waals surface area contributed by atoms with Crippen molar-refractivity contribution in [2.75, 3.05) is 26.1 Å². The van der Waals surface area contributed by atoms with Gasteiger partial charge in [-0.1, -0.05) is 6.07 Å². The van der Waals surface area contributed by atoms with Crippen molar-refractivity contribution in [1.29, 1.82) is 0 Å². The summed E-state index contributed by atoms with van der Waals surface area (Å²) >= 11 is 0. The van der Waals surface area contributed by atoms with Crippen LogP contribution in [0.2, 0.25) is 0 Å². The summed E-state index contributed by atoms with van der Waals surface area (Å²) in [6, 6.07) is 10.9. The van der Waals surface area contributed by atoms with Gasteiger partial charge in [0.1, 0.15) is 17.3 Å². The topological polar surface area (TPSA) is 106 Å². The van der Waals surface area contributed by atoms with Crippen LogP contribution in [0.15, 0.2) is 52.4 Å².